The molecule has 0 aliphatic heterocycles. The van der Waals surface area contributed by atoms with E-state index in [0.717, 1.165) is 30.0 Å². The highest BCUT2D eigenvalue weighted by Crippen LogP contribution is 2.21. The molecular weight excluding hydrogens is 252 g/mol. The zero-order chi connectivity index (χ0) is 14.4. The second-order valence-electron chi connectivity index (χ2n) is 4.71. The maximum absolute atomic E-state index is 5.67. The van der Waals surface area contributed by atoms with E-state index in [2.05, 4.69) is 10.4 Å². The predicted molar refractivity (Wildman–Crippen MR) is 79.2 cm³/mol. The normalized spacial score (nSPS) is 12.3. The fourth-order valence-electron chi connectivity index (χ4n) is 2.22. The van der Waals surface area contributed by atoms with Crippen LogP contribution in [0.25, 0.3) is 0 Å². The molecule has 0 spiro atoms. The molecule has 0 aliphatic carbocycles. The third-order valence-electron chi connectivity index (χ3n) is 3.37. The van der Waals surface area contributed by atoms with Crippen molar-refractivity contribution >= 4 is 0 Å². The van der Waals surface area contributed by atoms with Crippen LogP contribution in [0.2, 0.25) is 0 Å². The molecule has 0 radical (unpaired) electrons. The van der Waals surface area contributed by atoms with E-state index in [1.807, 2.05) is 55.2 Å². The fraction of sp³-hybridized carbons (Fsp3) is 0.400. The zero-order valence-electron chi connectivity index (χ0n) is 12.0. The highest BCUT2D eigenvalue weighted by molar-refractivity contribution is 5.29. The summed E-state index contributed by atoms with van der Waals surface area (Å²) in [4.78, 5) is 4.33. The molecule has 0 amide bonds. The lowest BCUT2D eigenvalue weighted by molar-refractivity contribution is 0.340. The number of hydrazine groups is 1. The van der Waals surface area contributed by atoms with E-state index in [4.69, 9.17) is 10.6 Å². The third-order valence-corrected chi connectivity index (χ3v) is 3.37. The number of imidazole rings is 1. The summed E-state index contributed by atoms with van der Waals surface area (Å²) in [5.74, 6) is 7.62. The number of ether oxygens (including phenoxy) is 1. The van der Waals surface area contributed by atoms with Crippen LogP contribution in [0.5, 0.6) is 5.75 Å². The molecule has 1 heterocycles. The molecule has 1 atom stereocenters. The van der Waals surface area contributed by atoms with Gasteiger partial charge in [0.15, 0.2) is 0 Å². The van der Waals surface area contributed by atoms with E-state index in [-0.39, 0.29) is 6.04 Å². The Labute approximate surface area is 119 Å². The van der Waals surface area contributed by atoms with Crippen LogP contribution < -0.4 is 16.0 Å². The molecule has 0 bridgehead atoms. The first-order valence-electron chi connectivity index (χ1n) is 6.89. The van der Waals surface area contributed by atoms with Crippen LogP contribution in [-0.2, 0) is 13.5 Å². The first-order chi connectivity index (χ1) is 9.74. The highest BCUT2D eigenvalue weighted by atomic mass is 16.5. The van der Waals surface area contributed by atoms with E-state index in [0.29, 0.717) is 6.61 Å². The molecule has 0 fully saturated rings. The van der Waals surface area contributed by atoms with Gasteiger partial charge in [-0.3, -0.25) is 11.3 Å². The maximum atomic E-state index is 5.67. The lowest BCUT2D eigenvalue weighted by Gasteiger charge is -2.16. The molecule has 1 aromatic carbocycles. The number of aryl methyl sites for hydroxylation is 2. The Morgan fingerprint density at radius 3 is 2.65 bits per heavy atom. The van der Waals surface area contributed by atoms with Gasteiger partial charge in [0.1, 0.15) is 11.6 Å². The lowest BCUT2D eigenvalue weighted by atomic mass is 10.0. The van der Waals surface area contributed by atoms with Crippen LogP contribution in [0.4, 0.5) is 0 Å². The Bertz CT molecular complexity index is 521. The summed E-state index contributed by atoms with van der Waals surface area (Å²) in [6, 6.07) is 8.16. The second-order valence-corrected chi connectivity index (χ2v) is 4.71. The van der Waals surface area contributed by atoms with Gasteiger partial charge in [-0.2, -0.15) is 0 Å². The summed E-state index contributed by atoms with van der Waals surface area (Å²) in [6.45, 7) is 2.65. The van der Waals surface area contributed by atoms with Gasteiger partial charge in [0.25, 0.3) is 0 Å². The molecule has 1 unspecified atom stereocenters. The summed E-state index contributed by atoms with van der Waals surface area (Å²) in [5, 5.41) is 0. The van der Waals surface area contributed by atoms with Gasteiger partial charge in [0.2, 0.25) is 0 Å². The largest absolute Gasteiger partial charge is 0.494 e. The average molecular weight is 274 g/mol. The molecule has 0 saturated carbocycles. The molecule has 0 aliphatic rings. The summed E-state index contributed by atoms with van der Waals surface area (Å²) in [6.07, 6.45) is 5.55. The topological polar surface area (TPSA) is 65.1 Å². The predicted octanol–water partition coefficient (Wildman–Crippen LogP) is 1.96. The zero-order valence-corrected chi connectivity index (χ0v) is 12.0. The summed E-state index contributed by atoms with van der Waals surface area (Å²) >= 11 is 0. The van der Waals surface area contributed by atoms with E-state index in [9.17, 15) is 0 Å². The molecule has 20 heavy (non-hydrogen) atoms. The molecule has 5 nitrogen and oxygen atoms in total. The molecule has 108 valence electrons. The Morgan fingerprint density at radius 2 is 2.10 bits per heavy atom. The van der Waals surface area contributed by atoms with Crippen molar-refractivity contribution in [3.05, 3.63) is 48.0 Å². The Hall–Kier alpha value is -1.85. The standard InChI is InChI=1S/C15H22N4O/c1-3-20-13-6-4-12(5-7-13)14(18-16)8-9-15-17-10-11-19(15)2/h4-7,10-11,14,18H,3,8-9,16H2,1-2H3. The van der Waals surface area contributed by atoms with Crippen molar-refractivity contribution < 1.29 is 4.74 Å². The van der Waals surface area contributed by atoms with Crippen LogP contribution in [-0.4, -0.2) is 16.2 Å². The molecule has 2 aromatic rings. The summed E-state index contributed by atoms with van der Waals surface area (Å²) < 4.78 is 7.48. The number of nitrogens with two attached hydrogens (primary N) is 1. The Kier molecular flexibility index (Phi) is 5.15. The SMILES string of the molecule is CCOc1ccc(C(CCc2nccn2C)NN)cc1. The average Bonchev–Trinajstić information content (AvgIpc) is 2.87. The van der Waals surface area contributed by atoms with Crippen LogP contribution in [0.3, 0.4) is 0 Å². The minimum Gasteiger partial charge on any atom is -0.494 e. The number of rotatable bonds is 7. The quantitative estimate of drug-likeness (QED) is 0.598. The van der Waals surface area contributed by atoms with E-state index >= 15 is 0 Å². The monoisotopic (exact) mass is 274 g/mol. The minimum atomic E-state index is 0.113. The molecule has 2 rings (SSSR count). The lowest BCUT2D eigenvalue weighted by Crippen LogP contribution is -2.28. The van der Waals surface area contributed by atoms with Gasteiger partial charge in [-0.05, 0) is 31.0 Å². The number of hydrogen-bond donors (Lipinski definition) is 2. The molecular formula is C15H22N4O. The van der Waals surface area contributed by atoms with E-state index < -0.39 is 0 Å². The third kappa shape index (κ3) is 3.59. The first-order valence-corrected chi connectivity index (χ1v) is 6.89. The van der Waals surface area contributed by atoms with Crippen molar-refractivity contribution in [3.8, 4) is 5.75 Å². The number of nitrogens with one attached hydrogen (secondary N) is 1. The summed E-state index contributed by atoms with van der Waals surface area (Å²) in [5.41, 5.74) is 4.03. The van der Waals surface area contributed by atoms with E-state index in [1.54, 1.807) is 0 Å². The molecule has 5 heteroatoms. The van der Waals surface area contributed by atoms with Gasteiger partial charge >= 0.3 is 0 Å². The van der Waals surface area contributed by atoms with Gasteiger partial charge in [0.05, 0.1) is 6.61 Å². The number of aromatic nitrogens is 2. The van der Waals surface area contributed by atoms with Crippen molar-refractivity contribution in [2.75, 3.05) is 6.61 Å². The number of benzene rings is 1. The smallest absolute Gasteiger partial charge is 0.119 e. The fourth-order valence-corrected chi connectivity index (χ4v) is 2.22. The molecule has 1 aromatic heterocycles. The van der Waals surface area contributed by atoms with Gasteiger partial charge in [-0.1, -0.05) is 12.1 Å². The molecule has 3 N–H and O–H groups in total. The van der Waals surface area contributed by atoms with Crippen molar-refractivity contribution in [2.24, 2.45) is 12.9 Å². The second kappa shape index (κ2) is 7.07. The van der Waals surface area contributed by atoms with Crippen molar-refractivity contribution in [1.29, 1.82) is 0 Å². The van der Waals surface area contributed by atoms with E-state index in [1.165, 1.54) is 0 Å². The minimum absolute atomic E-state index is 0.113. The van der Waals surface area contributed by atoms with Gasteiger partial charge in [-0.15, -0.1) is 0 Å². The van der Waals surface area contributed by atoms with Crippen LogP contribution in [0.15, 0.2) is 36.7 Å². The number of hydrogen-bond acceptors (Lipinski definition) is 4. The van der Waals surface area contributed by atoms with Crippen molar-refractivity contribution in [2.45, 2.75) is 25.8 Å². The Balaban J connectivity index is 1.98. The van der Waals surface area contributed by atoms with Gasteiger partial charge in [-0.25, -0.2) is 4.98 Å². The Morgan fingerprint density at radius 1 is 1.35 bits per heavy atom. The van der Waals surface area contributed by atoms with Crippen molar-refractivity contribution in [3.63, 3.8) is 0 Å². The summed E-state index contributed by atoms with van der Waals surface area (Å²) in [7, 11) is 2.00. The van der Waals surface area contributed by atoms with Crippen LogP contribution in [0.1, 0.15) is 30.8 Å². The van der Waals surface area contributed by atoms with Gasteiger partial charge < -0.3 is 9.30 Å². The van der Waals surface area contributed by atoms with Crippen LogP contribution >= 0.6 is 0 Å². The maximum Gasteiger partial charge on any atom is 0.119 e. The van der Waals surface area contributed by atoms with Gasteiger partial charge in [0, 0.05) is 31.9 Å². The van der Waals surface area contributed by atoms with Crippen molar-refractivity contribution in [1.82, 2.24) is 15.0 Å². The highest BCUT2D eigenvalue weighted by Gasteiger charge is 2.11. The van der Waals surface area contributed by atoms with Crippen LogP contribution in [0, 0.1) is 0 Å². The number of nitrogens with zero attached hydrogens (tertiary/aromatic N) is 2. The first kappa shape index (κ1) is 14.6. The molecule has 0 saturated heterocycles.